The fraction of sp³-hybridized carbons (Fsp3) is 0.364. The number of aromatic nitrogens is 2. The summed E-state index contributed by atoms with van der Waals surface area (Å²) in [6.45, 7) is 4.49. The average Bonchev–Trinajstić information content (AvgIpc) is 3.04. The third-order valence-corrected chi connectivity index (χ3v) is 5.60. The van der Waals surface area contributed by atoms with E-state index in [2.05, 4.69) is 5.32 Å². The van der Waals surface area contributed by atoms with E-state index in [0.717, 1.165) is 28.9 Å². The standard InChI is InChI=1S/C22H26N4O3/c1-3-24-17-9-5-6-10-18(17)26(22(24)28)15-21(27)25-13-12-23-14-19(25)16-8-4-7-11-20(16)29-2/h4-11,19,23H,3,12-15H2,1-2H3. The first kappa shape index (κ1) is 19.3. The second kappa shape index (κ2) is 8.13. The molecule has 1 atom stereocenters. The zero-order valence-corrected chi connectivity index (χ0v) is 16.8. The number of rotatable bonds is 5. The van der Waals surface area contributed by atoms with Crippen molar-refractivity contribution in [3.63, 3.8) is 0 Å². The molecule has 7 nitrogen and oxygen atoms in total. The van der Waals surface area contributed by atoms with E-state index in [-0.39, 0.29) is 24.2 Å². The lowest BCUT2D eigenvalue weighted by molar-refractivity contribution is -0.135. The van der Waals surface area contributed by atoms with E-state index < -0.39 is 0 Å². The molecule has 1 aliphatic rings. The molecule has 1 N–H and O–H groups in total. The summed E-state index contributed by atoms with van der Waals surface area (Å²) >= 11 is 0. The van der Waals surface area contributed by atoms with E-state index in [4.69, 9.17) is 4.74 Å². The van der Waals surface area contributed by atoms with Gasteiger partial charge >= 0.3 is 5.69 Å². The maximum atomic E-state index is 13.3. The van der Waals surface area contributed by atoms with Gasteiger partial charge in [-0.3, -0.25) is 13.9 Å². The third kappa shape index (κ3) is 3.42. The molecule has 0 bridgehead atoms. The van der Waals surface area contributed by atoms with Crippen LogP contribution in [0.3, 0.4) is 0 Å². The largest absolute Gasteiger partial charge is 0.496 e. The fourth-order valence-corrected chi connectivity index (χ4v) is 4.18. The van der Waals surface area contributed by atoms with Crippen molar-refractivity contribution in [3.8, 4) is 5.75 Å². The van der Waals surface area contributed by atoms with E-state index in [1.54, 1.807) is 16.2 Å². The van der Waals surface area contributed by atoms with Gasteiger partial charge in [-0.1, -0.05) is 30.3 Å². The van der Waals surface area contributed by atoms with Gasteiger partial charge in [-0.25, -0.2) is 4.79 Å². The van der Waals surface area contributed by atoms with Gasteiger partial charge in [-0.2, -0.15) is 0 Å². The number of methoxy groups -OCH3 is 1. The molecule has 2 heterocycles. The zero-order valence-electron chi connectivity index (χ0n) is 16.8. The highest BCUT2D eigenvalue weighted by Gasteiger charge is 2.30. The molecule has 29 heavy (non-hydrogen) atoms. The summed E-state index contributed by atoms with van der Waals surface area (Å²) in [6.07, 6.45) is 0. The van der Waals surface area contributed by atoms with Crippen LogP contribution in [-0.2, 0) is 17.9 Å². The Morgan fingerprint density at radius 3 is 2.52 bits per heavy atom. The average molecular weight is 394 g/mol. The molecule has 2 aromatic carbocycles. The Hall–Kier alpha value is -3.06. The number of aryl methyl sites for hydroxylation is 1. The molecule has 4 rings (SSSR count). The van der Waals surface area contributed by atoms with Gasteiger partial charge in [0.15, 0.2) is 0 Å². The molecule has 1 unspecified atom stereocenters. The van der Waals surface area contributed by atoms with Gasteiger partial charge in [0, 0.05) is 31.7 Å². The minimum Gasteiger partial charge on any atom is -0.496 e. The first-order valence-corrected chi connectivity index (χ1v) is 9.96. The van der Waals surface area contributed by atoms with Crippen LogP contribution in [0.5, 0.6) is 5.75 Å². The molecular formula is C22H26N4O3. The van der Waals surface area contributed by atoms with Crippen molar-refractivity contribution in [2.75, 3.05) is 26.7 Å². The van der Waals surface area contributed by atoms with Crippen molar-refractivity contribution in [2.24, 2.45) is 0 Å². The molecular weight excluding hydrogens is 368 g/mol. The Morgan fingerprint density at radius 2 is 1.79 bits per heavy atom. The molecule has 1 aromatic heterocycles. The first-order valence-electron chi connectivity index (χ1n) is 9.96. The smallest absolute Gasteiger partial charge is 0.329 e. The quantitative estimate of drug-likeness (QED) is 0.719. The molecule has 1 fully saturated rings. The maximum Gasteiger partial charge on any atom is 0.329 e. The number of hydrogen-bond acceptors (Lipinski definition) is 4. The summed E-state index contributed by atoms with van der Waals surface area (Å²) in [5.41, 5.74) is 2.47. The van der Waals surface area contributed by atoms with Gasteiger partial charge in [0.2, 0.25) is 5.91 Å². The molecule has 0 saturated carbocycles. The summed E-state index contributed by atoms with van der Waals surface area (Å²) in [6, 6.07) is 15.3. The van der Waals surface area contributed by atoms with Crippen molar-refractivity contribution in [2.45, 2.75) is 26.1 Å². The van der Waals surface area contributed by atoms with Gasteiger partial charge in [0.25, 0.3) is 0 Å². The molecule has 1 aliphatic heterocycles. The van der Waals surface area contributed by atoms with Crippen LogP contribution >= 0.6 is 0 Å². The molecule has 152 valence electrons. The van der Waals surface area contributed by atoms with Gasteiger partial charge in [-0.15, -0.1) is 0 Å². The molecule has 7 heteroatoms. The van der Waals surface area contributed by atoms with E-state index in [1.807, 2.05) is 60.4 Å². The van der Waals surface area contributed by atoms with E-state index in [1.165, 1.54) is 0 Å². The topological polar surface area (TPSA) is 68.5 Å². The summed E-state index contributed by atoms with van der Waals surface area (Å²) in [5.74, 6) is 0.697. The first-order chi connectivity index (χ1) is 14.2. The van der Waals surface area contributed by atoms with E-state index in [9.17, 15) is 9.59 Å². The Morgan fingerprint density at radius 1 is 1.10 bits per heavy atom. The predicted molar refractivity (Wildman–Crippen MR) is 112 cm³/mol. The predicted octanol–water partition coefficient (Wildman–Crippen LogP) is 2.00. The number of para-hydroxylation sites is 3. The summed E-state index contributed by atoms with van der Waals surface area (Å²) in [7, 11) is 1.64. The van der Waals surface area contributed by atoms with Crippen molar-refractivity contribution < 1.29 is 9.53 Å². The Balaban J connectivity index is 1.68. The fourth-order valence-electron chi connectivity index (χ4n) is 4.18. The molecule has 0 spiro atoms. The highest BCUT2D eigenvalue weighted by Crippen LogP contribution is 2.30. The number of carbonyl (C=O) groups is 1. The number of carbonyl (C=O) groups excluding carboxylic acids is 1. The second-order valence-electron chi connectivity index (χ2n) is 7.15. The Bertz CT molecular complexity index is 1090. The third-order valence-electron chi connectivity index (χ3n) is 5.60. The summed E-state index contributed by atoms with van der Waals surface area (Å²) < 4.78 is 8.81. The van der Waals surface area contributed by atoms with Crippen LogP contribution in [0.1, 0.15) is 18.5 Å². The summed E-state index contributed by atoms with van der Waals surface area (Å²) in [4.78, 5) is 28.1. The number of piperazine rings is 1. The number of nitrogens with zero attached hydrogens (tertiary/aromatic N) is 3. The van der Waals surface area contributed by atoms with E-state index >= 15 is 0 Å². The van der Waals surface area contributed by atoms with Crippen LogP contribution < -0.4 is 15.7 Å². The highest BCUT2D eigenvalue weighted by atomic mass is 16.5. The number of imidazole rings is 1. The highest BCUT2D eigenvalue weighted by molar-refractivity contribution is 5.81. The number of nitrogens with one attached hydrogen (secondary N) is 1. The SMILES string of the molecule is CCn1c(=O)n(CC(=O)N2CCNCC2c2ccccc2OC)c2ccccc21. The minimum absolute atomic E-state index is 0.0258. The van der Waals surface area contributed by atoms with Gasteiger partial charge in [0.1, 0.15) is 12.3 Å². The molecule has 3 aromatic rings. The molecule has 0 radical (unpaired) electrons. The number of ether oxygens (including phenoxy) is 1. The monoisotopic (exact) mass is 394 g/mol. The second-order valence-corrected chi connectivity index (χ2v) is 7.15. The summed E-state index contributed by atoms with van der Waals surface area (Å²) in [5, 5.41) is 3.37. The van der Waals surface area contributed by atoms with Gasteiger partial charge in [0.05, 0.1) is 24.2 Å². The zero-order chi connectivity index (χ0) is 20.4. The van der Waals surface area contributed by atoms with Crippen molar-refractivity contribution in [1.29, 1.82) is 0 Å². The van der Waals surface area contributed by atoms with Crippen molar-refractivity contribution >= 4 is 16.9 Å². The maximum absolute atomic E-state index is 13.3. The van der Waals surface area contributed by atoms with Crippen LogP contribution in [0.15, 0.2) is 53.3 Å². The number of hydrogen-bond donors (Lipinski definition) is 1. The minimum atomic E-state index is -0.147. The lowest BCUT2D eigenvalue weighted by Crippen LogP contribution is -2.50. The number of amides is 1. The van der Waals surface area contributed by atoms with Crippen LogP contribution in [0.4, 0.5) is 0 Å². The molecule has 1 amide bonds. The Labute approximate surface area is 169 Å². The lowest BCUT2D eigenvalue weighted by Gasteiger charge is -2.37. The van der Waals surface area contributed by atoms with Crippen molar-refractivity contribution in [3.05, 3.63) is 64.6 Å². The van der Waals surface area contributed by atoms with E-state index in [0.29, 0.717) is 19.6 Å². The van der Waals surface area contributed by atoms with Crippen LogP contribution in [-0.4, -0.2) is 46.7 Å². The molecule has 0 aliphatic carbocycles. The Kier molecular flexibility index (Phi) is 5.40. The normalized spacial score (nSPS) is 16.9. The molecule has 1 saturated heterocycles. The van der Waals surface area contributed by atoms with Crippen LogP contribution in [0, 0.1) is 0 Å². The van der Waals surface area contributed by atoms with Gasteiger partial charge in [-0.05, 0) is 25.1 Å². The number of benzene rings is 2. The van der Waals surface area contributed by atoms with Crippen molar-refractivity contribution in [1.82, 2.24) is 19.4 Å². The lowest BCUT2D eigenvalue weighted by atomic mass is 10.0. The van der Waals surface area contributed by atoms with Crippen LogP contribution in [0.25, 0.3) is 11.0 Å². The number of fused-ring (bicyclic) bond motifs is 1. The van der Waals surface area contributed by atoms with Crippen LogP contribution in [0.2, 0.25) is 0 Å². The van der Waals surface area contributed by atoms with Gasteiger partial charge < -0.3 is 15.0 Å².